The predicted octanol–water partition coefficient (Wildman–Crippen LogP) is 3.28. The number of quaternary nitrogens is 1. The van der Waals surface area contributed by atoms with Gasteiger partial charge in [-0.3, -0.25) is 15.2 Å². The number of rotatable bonds is 8. The molecule has 198 valence electrons. The number of aromatic nitrogens is 1. The highest BCUT2D eigenvalue weighted by Crippen LogP contribution is 2.46. The number of hydrogen-bond donors (Lipinski definition) is 4. The van der Waals surface area contributed by atoms with Crippen LogP contribution in [0.4, 0.5) is 46.6 Å². The second-order valence-corrected chi connectivity index (χ2v) is 7.81. The number of hydrazine groups is 1. The van der Waals surface area contributed by atoms with Crippen LogP contribution in [0, 0.1) is 11.2 Å². The van der Waals surface area contributed by atoms with Crippen LogP contribution < -0.4 is 16.6 Å². The normalized spacial score (nSPS) is 12.4. The maximum absolute atomic E-state index is 14.4. The Morgan fingerprint density at radius 2 is 1.83 bits per heavy atom. The SMILES string of the molecule is CO[NH2+]c1ccc(SC(=N)N(C)N)c(C(=O)Nc2ncc(C(F)(F)C(F)(F)OC(F)(F)F)cc2F)c1. The second-order valence-electron chi connectivity index (χ2n) is 6.77. The van der Waals surface area contributed by atoms with Crippen molar-refractivity contribution in [1.29, 1.82) is 5.41 Å². The van der Waals surface area contributed by atoms with Gasteiger partial charge in [0.2, 0.25) is 0 Å². The highest BCUT2D eigenvalue weighted by atomic mass is 32.2. The van der Waals surface area contributed by atoms with Gasteiger partial charge in [0.25, 0.3) is 5.91 Å². The summed E-state index contributed by atoms with van der Waals surface area (Å²) in [4.78, 5) is 20.9. The van der Waals surface area contributed by atoms with E-state index in [1.54, 1.807) is 0 Å². The van der Waals surface area contributed by atoms with E-state index in [4.69, 9.17) is 16.1 Å². The number of amides is 1. The molecular formula is C18H17F8N6O3S+. The molecule has 0 fully saturated rings. The van der Waals surface area contributed by atoms with Crippen LogP contribution >= 0.6 is 11.8 Å². The van der Waals surface area contributed by atoms with Crippen LogP contribution in [0.1, 0.15) is 15.9 Å². The van der Waals surface area contributed by atoms with Gasteiger partial charge in [-0.2, -0.15) is 23.0 Å². The third kappa shape index (κ3) is 7.00. The number of halogens is 8. The van der Waals surface area contributed by atoms with Crippen molar-refractivity contribution in [3.63, 3.8) is 0 Å². The molecule has 1 amide bonds. The van der Waals surface area contributed by atoms with E-state index < -0.39 is 41.5 Å². The van der Waals surface area contributed by atoms with Gasteiger partial charge in [-0.15, -0.1) is 13.2 Å². The number of pyridine rings is 1. The number of alkyl halides is 7. The van der Waals surface area contributed by atoms with Gasteiger partial charge in [-0.25, -0.2) is 24.8 Å². The van der Waals surface area contributed by atoms with Gasteiger partial charge < -0.3 is 5.32 Å². The first-order valence-corrected chi connectivity index (χ1v) is 10.0. The molecule has 0 saturated heterocycles. The van der Waals surface area contributed by atoms with Crippen LogP contribution in [0.3, 0.4) is 0 Å². The van der Waals surface area contributed by atoms with Gasteiger partial charge >= 0.3 is 18.4 Å². The molecule has 36 heavy (non-hydrogen) atoms. The number of ether oxygens (including phenoxy) is 1. The van der Waals surface area contributed by atoms with Crippen LogP contribution in [0.15, 0.2) is 35.4 Å². The summed E-state index contributed by atoms with van der Waals surface area (Å²) >= 11 is 0.727. The Hall–Kier alpha value is -3.06. The van der Waals surface area contributed by atoms with E-state index in [2.05, 4.69) is 9.72 Å². The number of nitrogens with two attached hydrogens (primary N) is 2. The molecule has 0 aliphatic carbocycles. The highest BCUT2D eigenvalue weighted by molar-refractivity contribution is 8.13. The Morgan fingerprint density at radius 1 is 1.19 bits per heavy atom. The van der Waals surface area contributed by atoms with E-state index in [9.17, 15) is 39.9 Å². The first-order chi connectivity index (χ1) is 16.5. The fourth-order valence-electron chi connectivity index (χ4n) is 2.45. The molecule has 0 bridgehead atoms. The number of benzene rings is 1. The maximum Gasteiger partial charge on any atom is 0.527 e. The zero-order valence-corrected chi connectivity index (χ0v) is 18.9. The number of carbonyl (C=O) groups is 1. The monoisotopic (exact) mass is 549 g/mol. The lowest BCUT2D eigenvalue weighted by Gasteiger charge is -2.26. The van der Waals surface area contributed by atoms with Gasteiger partial charge in [0.1, 0.15) is 0 Å². The van der Waals surface area contributed by atoms with E-state index in [1.807, 2.05) is 5.32 Å². The van der Waals surface area contributed by atoms with Crippen LogP contribution in [0.5, 0.6) is 0 Å². The predicted molar refractivity (Wildman–Crippen MR) is 109 cm³/mol. The Kier molecular flexibility index (Phi) is 8.84. The van der Waals surface area contributed by atoms with Gasteiger partial charge in [-0.1, -0.05) is 11.8 Å². The summed E-state index contributed by atoms with van der Waals surface area (Å²) < 4.78 is 107. The molecule has 1 heterocycles. The molecule has 1 aromatic heterocycles. The lowest BCUT2D eigenvalue weighted by Crippen LogP contribution is -2.75. The number of hydrogen-bond acceptors (Lipinski definition) is 7. The molecule has 2 rings (SSSR count). The average molecular weight is 549 g/mol. The lowest BCUT2D eigenvalue weighted by atomic mass is 10.1. The van der Waals surface area contributed by atoms with Crippen LogP contribution in [0.25, 0.3) is 0 Å². The molecule has 18 heteroatoms. The summed E-state index contributed by atoms with van der Waals surface area (Å²) in [7, 11) is 2.67. The van der Waals surface area contributed by atoms with E-state index in [-0.39, 0.29) is 27.9 Å². The van der Waals surface area contributed by atoms with Crippen LogP contribution in [0.2, 0.25) is 0 Å². The van der Waals surface area contributed by atoms with E-state index >= 15 is 0 Å². The van der Waals surface area contributed by atoms with Crippen molar-refractivity contribution in [2.45, 2.75) is 23.3 Å². The zero-order chi connectivity index (χ0) is 27.5. The number of anilines is 1. The molecule has 0 spiro atoms. The van der Waals surface area contributed by atoms with Crippen LogP contribution in [-0.4, -0.2) is 47.7 Å². The molecule has 2 aromatic rings. The van der Waals surface area contributed by atoms with Crippen molar-refractivity contribution in [2.75, 3.05) is 19.5 Å². The molecule has 0 aliphatic rings. The van der Waals surface area contributed by atoms with E-state index in [0.717, 1.165) is 16.8 Å². The van der Waals surface area contributed by atoms with Crippen molar-refractivity contribution in [3.05, 3.63) is 47.4 Å². The molecule has 9 nitrogen and oxygen atoms in total. The second kappa shape index (κ2) is 10.9. The minimum atomic E-state index is -6.12. The average Bonchev–Trinajstić information content (AvgIpc) is 2.74. The Morgan fingerprint density at radius 3 is 2.36 bits per heavy atom. The Labute approximate surface area is 201 Å². The summed E-state index contributed by atoms with van der Waals surface area (Å²) in [6.45, 7) is 0. The fourth-order valence-corrected chi connectivity index (χ4v) is 3.20. The van der Waals surface area contributed by atoms with Gasteiger partial charge in [-0.05, 0) is 12.1 Å². The highest BCUT2D eigenvalue weighted by Gasteiger charge is 2.64. The van der Waals surface area contributed by atoms with Gasteiger partial charge in [0, 0.05) is 30.3 Å². The third-order valence-electron chi connectivity index (χ3n) is 4.07. The smallest absolute Gasteiger partial charge is 0.304 e. The van der Waals surface area contributed by atoms with E-state index in [1.165, 1.54) is 37.8 Å². The number of nitrogens with one attached hydrogen (secondary N) is 2. The molecule has 0 radical (unpaired) electrons. The van der Waals surface area contributed by atoms with Crippen molar-refractivity contribution in [3.8, 4) is 0 Å². The number of nitrogens with zero attached hydrogens (tertiary/aromatic N) is 2. The quantitative estimate of drug-likeness (QED) is 0.0757. The minimum absolute atomic E-state index is 0.0454. The first-order valence-electron chi connectivity index (χ1n) is 9.23. The Bertz CT molecular complexity index is 1130. The zero-order valence-electron chi connectivity index (χ0n) is 18.1. The molecule has 1 aromatic carbocycles. The molecule has 0 saturated carbocycles. The summed E-state index contributed by atoms with van der Waals surface area (Å²) in [6, 6.07) is 3.95. The van der Waals surface area contributed by atoms with Crippen molar-refractivity contribution < 1.29 is 55.0 Å². The van der Waals surface area contributed by atoms with E-state index in [0.29, 0.717) is 5.69 Å². The van der Waals surface area contributed by atoms with Gasteiger partial charge in [0.05, 0.1) is 18.2 Å². The molecule has 0 atom stereocenters. The standard InChI is InChI=1S/C18H16F8N6O3S/c1-32(28)15(27)36-12-4-3-9(31-34-2)6-10(12)14(33)30-13-11(19)5-8(7-29-13)16(20,21)17(22,23)35-18(24,25)26/h3-7,27,31H,28H2,1-2H3,(H,29,30,33)/p+1. The van der Waals surface area contributed by atoms with Crippen molar-refractivity contribution in [2.24, 2.45) is 5.84 Å². The maximum atomic E-state index is 14.4. The molecule has 6 N–H and O–H groups in total. The summed E-state index contributed by atoms with van der Waals surface area (Å²) in [5.74, 6) is -3.99. The summed E-state index contributed by atoms with van der Waals surface area (Å²) in [5.41, 5.74) is -0.516. The third-order valence-corrected chi connectivity index (χ3v) is 5.13. The number of amidine groups is 1. The fraction of sp³-hybridized carbons (Fsp3) is 0.278. The Balaban J connectivity index is 2.37. The molecule has 0 aliphatic heterocycles. The number of thioether (sulfide) groups is 1. The van der Waals surface area contributed by atoms with Crippen molar-refractivity contribution in [1.82, 2.24) is 9.99 Å². The largest absolute Gasteiger partial charge is 0.527 e. The molecule has 0 unspecified atom stereocenters. The van der Waals surface area contributed by atoms with Crippen LogP contribution in [-0.2, 0) is 15.5 Å². The lowest BCUT2D eigenvalue weighted by molar-refractivity contribution is -0.830. The van der Waals surface area contributed by atoms with Gasteiger partial charge in [0.15, 0.2) is 22.5 Å². The first kappa shape index (κ1) is 29.2. The minimum Gasteiger partial charge on any atom is -0.304 e. The summed E-state index contributed by atoms with van der Waals surface area (Å²) in [5, 5.41) is 10.5. The number of carbonyl (C=O) groups excluding carboxylic acids is 1. The van der Waals surface area contributed by atoms with Crippen molar-refractivity contribution >= 4 is 34.3 Å². The molecular weight excluding hydrogens is 532 g/mol. The topological polar surface area (TPSA) is 130 Å². The summed E-state index contributed by atoms with van der Waals surface area (Å²) in [6.07, 6.45) is -12.3.